The van der Waals surface area contributed by atoms with Gasteiger partial charge in [-0.25, -0.2) is 0 Å². The van der Waals surface area contributed by atoms with Crippen molar-refractivity contribution in [2.75, 3.05) is 32.7 Å². The van der Waals surface area contributed by atoms with Crippen LogP contribution in [-0.2, 0) is 0 Å². The van der Waals surface area contributed by atoms with E-state index in [0.29, 0.717) is 6.04 Å². The molecule has 0 amide bonds. The maximum atomic E-state index is 2.64. The van der Waals surface area contributed by atoms with E-state index in [1.54, 1.807) is 0 Å². The Kier molecular flexibility index (Phi) is 5.87. The second kappa shape index (κ2) is 7.66. The minimum Gasteiger partial charge on any atom is -0.302 e. The first-order chi connectivity index (χ1) is 9.31. The van der Waals surface area contributed by atoms with Gasteiger partial charge in [0.25, 0.3) is 0 Å². The smallest absolute Gasteiger partial charge is 0.0320 e. The van der Waals surface area contributed by atoms with Gasteiger partial charge < -0.3 is 4.90 Å². The van der Waals surface area contributed by atoms with Crippen LogP contribution >= 0.6 is 0 Å². The molecule has 0 aliphatic carbocycles. The first-order valence-electron chi connectivity index (χ1n) is 7.82. The Bertz CT molecular complexity index is 350. The van der Waals surface area contributed by atoms with Crippen LogP contribution < -0.4 is 0 Å². The molecule has 1 atom stereocenters. The highest BCUT2D eigenvalue weighted by atomic mass is 15.2. The van der Waals surface area contributed by atoms with Crippen LogP contribution in [0.5, 0.6) is 0 Å². The van der Waals surface area contributed by atoms with Crippen LogP contribution in [0.1, 0.15) is 44.7 Å². The lowest BCUT2D eigenvalue weighted by Gasteiger charge is -2.28. The molecule has 0 spiro atoms. The predicted octanol–water partition coefficient (Wildman–Crippen LogP) is 3.56. The summed E-state index contributed by atoms with van der Waals surface area (Å²) in [5.74, 6) is 0. The number of hydrogen-bond donors (Lipinski definition) is 0. The minimum absolute atomic E-state index is 0.548. The third kappa shape index (κ3) is 4.32. The first-order valence-corrected chi connectivity index (χ1v) is 7.82. The van der Waals surface area contributed by atoms with Crippen molar-refractivity contribution in [2.45, 2.75) is 39.2 Å². The summed E-state index contributed by atoms with van der Waals surface area (Å²) in [5.41, 5.74) is 1.45. The topological polar surface area (TPSA) is 6.48 Å². The molecule has 1 aliphatic heterocycles. The van der Waals surface area contributed by atoms with Crippen LogP contribution in [0.3, 0.4) is 0 Å². The van der Waals surface area contributed by atoms with Crippen molar-refractivity contribution in [2.24, 2.45) is 0 Å². The van der Waals surface area contributed by atoms with Gasteiger partial charge in [0, 0.05) is 25.7 Å². The van der Waals surface area contributed by atoms with E-state index < -0.39 is 0 Å². The first kappa shape index (κ1) is 14.5. The SMILES string of the molecule is CCCCN1CCCN(C(C)c2ccccc2)CC1. The molecule has 1 aliphatic rings. The van der Waals surface area contributed by atoms with E-state index in [4.69, 9.17) is 0 Å². The molecular formula is C17H28N2. The van der Waals surface area contributed by atoms with E-state index in [9.17, 15) is 0 Å². The van der Waals surface area contributed by atoms with Gasteiger partial charge in [0.05, 0.1) is 0 Å². The highest BCUT2D eigenvalue weighted by Gasteiger charge is 2.19. The lowest BCUT2D eigenvalue weighted by Crippen LogP contribution is -2.32. The van der Waals surface area contributed by atoms with Gasteiger partial charge in [0.15, 0.2) is 0 Å². The Balaban J connectivity index is 1.88. The molecule has 1 saturated heterocycles. The summed E-state index contributed by atoms with van der Waals surface area (Å²) in [7, 11) is 0. The molecule has 2 heteroatoms. The second-order valence-corrected chi connectivity index (χ2v) is 5.67. The molecule has 0 saturated carbocycles. The van der Waals surface area contributed by atoms with E-state index in [2.05, 4.69) is 54.0 Å². The van der Waals surface area contributed by atoms with Crippen LogP contribution in [0.4, 0.5) is 0 Å². The third-order valence-corrected chi connectivity index (χ3v) is 4.28. The van der Waals surface area contributed by atoms with Crippen molar-refractivity contribution in [1.82, 2.24) is 9.80 Å². The molecule has 19 heavy (non-hydrogen) atoms. The molecule has 0 aromatic heterocycles. The summed E-state index contributed by atoms with van der Waals surface area (Å²) in [6.07, 6.45) is 3.95. The maximum absolute atomic E-state index is 2.64. The zero-order valence-corrected chi connectivity index (χ0v) is 12.5. The molecule has 106 valence electrons. The number of rotatable bonds is 5. The summed E-state index contributed by atoms with van der Waals surface area (Å²) in [6, 6.07) is 11.5. The summed E-state index contributed by atoms with van der Waals surface area (Å²) >= 11 is 0. The second-order valence-electron chi connectivity index (χ2n) is 5.67. The Hall–Kier alpha value is -0.860. The fourth-order valence-electron chi connectivity index (χ4n) is 2.93. The highest BCUT2D eigenvalue weighted by molar-refractivity contribution is 5.18. The molecule has 1 aromatic carbocycles. The van der Waals surface area contributed by atoms with Crippen molar-refractivity contribution >= 4 is 0 Å². The third-order valence-electron chi connectivity index (χ3n) is 4.28. The molecule has 0 bridgehead atoms. The Labute approximate surface area is 118 Å². The lowest BCUT2D eigenvalue weighted by molar-refractivity contribution is 0.210. The normalized spacial score (nSPS) is 20.1. The molecule has 2 nitrogen and oxygen atoms in total. The summed E-state index contributed by atoms with van der Waals surface area (Å²) in [4.78, 5) is 5.28. The molecule has 1 aromatic rings. The Morgan fingerprint density at radius 2 is 1.84 bits per heavy atom. The highest BCUT2D eigenvalue weighted by Crippen LogP contribution is 2.21. The molecule has 2 rings (SSSR count). The Morgan fingerprint density at radius 3 is 2.58 bits per heavy atom. The number of nitrogens with zero attached hydrogens (tertiary/aromatic N) is 2. The van der Waals surface area contributed by atoms with Gasteiger partial charge in [-0.2, -0.15) is 0 Å². The van der Waals surface area contributed by atoms with Gasteiger partial charge in [-0.05, 0) is 38.4 Å². The number of hydrogen-bond acceptors (Lipinski definition) is 2. The van der Waals surface area contributed by atoms with Crippen molar-refractivity contribution in [3.63, 3.8) is 0 Å². The van der Waals surface area contributed by atoms with Crippen LogP contribution in [0.2, 0.25) is 0 Å². The molecular weight excluding hydrogens is 232 g/mol. The van der Waals surface area contributed by atoms with Crippen molar-refractivity contribution in [3.8, 4) is 0 Å². The lowest BCUT2D eigenvalue weighted by atomic mass is 10.1. The molecule has 0 radical (unpaired) electrons. The zero-order chi connectivity index (χ0) is 13.5. The van der Waals surface area contributed by atoms with Gasteiger partial charge in [0.2, 0.25) is 0 Å². The van der Waals surface area contributed by atoms with E-state index in [1.807, 2.05) is 0 Å². The Morgan fingerprint density at radius 1 is 1.05 bits per heavy atom. The summed E-state index contributed by atoms with van der Waals surface area (Å²) in [5, 5.41) is 0. The van der Waals surface area contributed by atoms with Crippen LogP contribution in [0.25, 0.3) is 0 Å². The van der Waals surface area contributed by atoms with Gasteiger partial charge in [-0.1, -0.05) is 43.7 Å². The van der Waals surface area contributed by atoms with Gasteiger partial charge >= 0.3 is 0 Å². The van der Waals surface area contributed by atoms with E-state index in [1.165, 1.54) is 57.5 Å². The van der Waals surface area contributed by atoms with Gasteiger partial charge in [-0.15, -0.1) is 0 Å². The van der Waals surface area contributed by atoms with Crippen molar-refractivity contribution in [1.29, 1.82) is 0 Å². The fraction of sp³-hybridized carbons (Fsp3) is 0.647. The van der Waals surface area contributed by atoms with E-state index in [0.717, 1.165) is 0 Å². The minimum atomic E-state index is 0.548. The van der Waals surface area contributed by atoms with E-state index in [-0.39, 0.29) is 0 Å². The number of benzene rings is 1. The fourth-order valence-corrected chi connectivity index (χ4v) is 2.93. The van der Waals surface area contributed by atoms with Crippen molar-refractivity contribution < 1.29 is 0 Å². The zero-order valence-electron chi connectivity index (χ0n) is 12.5. The quantitative estimate of drug-likeness (QED) is 0.799. The van der Waals surface area contributed by atoms with Gasteiger partial charge in [-0.3, -0.25) is 4.90 Å². The summed E-state index contributed by atoms with van der Waals surface area (Å²) in [6.45, 7) is 10.9. The average Bonchev–Trinajstić information content (AvgIpc) is 2.71. The molecule has 1 heterocycles. The standard InChI is InChI=1S/C17H28N2/c1-3-4-11-18-12-8-13-19(15-14-18)16(2)17-9-6-5-7-10-17/h5-7,9-10,16H,3-4,8,11-15H2,1-2H3. The summed E-state index contributed by atoms with van der Waals surface area (Å²) < 4.78 is 0. The van der Waals surface area contributed by atoms with Crippen LogP contribution in [-0.4, -0.2) is 42.5 Å². The predicted molar refractivity (Wildman–Crippen MR) is 82.4 cm³/mol. The van der Waals surface area contributed by atoms with Crippen LogP contribution in [0.15, 0.2) is 30.3 Å². The van der Waals surface area contributed by atoms with Crippen molar-refractivity contribution in [3.05, 3.63) is 35.9 Å². The molecule has 0 N–H and O–H groups in total. The van der Waals surface area contributed by atoms with E-state index >= 15 is 0 Å². The average molecular weight is 260 g/mol. The molecule has 1 fully saturated rings. The van der Waals surface area contributed by atoms with Crippen LogP contribution in [0, 0.1) is 0 Å². The maximum Gasteiger partial charge on any atom is 0.0320 e. The largest absolute Gasteiger partial charge is 0.302 e. The monoisotopic (exact) mass is 260 g/mol. The number of unbranched alkanes of at least 4 members (excludes halogenated alkanes) is 1. The van der Waals surface area contributed by atoms with Gasteiger partial charge in [0.1, 0.15) is 0 Å². The molecule has 1 unspecified atom stereocenters.